The van der Waals surface area contributed by atoms with Crippen molar-refractivity contribution in [1.29, 1.82) is 0 Å². The first-order valence-corrected chi connectivity index (χ1v) is 6.72. The first-order valence-electron chi connectivity index (χ1n) is 6.72. The predicted molar refractivity (Wildman–Crippen MR) is 66.8 cm³/mol. The number of ether oxygens (including phenoxy) is 3. The van der Waals surface area contributed by atoms with Gasteiger partial charge in [0.2, 0.25) is 0 Å². The van der Waals surface area contributed by atoms with Crippen LogP contribution in [0, 0.1) is 11.8 Å². The standard InChI is InChI=1S/C14H24O3/c1-11-9-14(15-2)17-8-5-13(11)10-12-3-6-16-7-4-12/h10-12,14H,3-9H2,1-2H3. The number of hydrogen-bond donors (Lipinski definition) is 0. The third-order valence-electron chi connectivity index (χ3n) is 3.85. The average Bonchev–Trinajstić information content (AvgIpc) is 2.53. The van der Waals surface area contributed by atoms with Gasteiger partial charge < -0.3 is 14.2 Å². The van der Waals surface area contributed by atoms with Crippen LogP contribution in [0.15, 0.2) is 11.6 Å². The zero-order valence-corrected chi connectivity index (χ0v) is 11.0. The van der Waals surface area contributed by atoms with E-state index in [1.165, 1.54) is 12.8 Å². The second-order valence-corrected chi connectivity index (χ2v) is 5.11. The number of rotatable bonds is 2. The SMILES string of the molecule is COC1CC(C)C(=CC2CCOCC2)CCO1. The van der Waals surface area contributed by atoms with Gasteiger partial charge in [0.15, 0.2) is 6.29 Å². The molecule has 98 valence electrons. The van der Waals surface area contributed by atoms with Gasteiger partial charge in [-0.15, -0.1) is 0 Å². The van der Waals surface area contributed by atoms with Crippen molar-refractivity contribution in [3.8, 4) is 0 Å². The van der Waals surface area contributed by atoms with Crippen LogP contribution in [-0.2, 0) is 14.2 Å². The van der Waals surface area contributed by atoms with Crippen LogP contribution < -0.4 is 0 Å². The summed E-state index contributed by atoms with van der Waals surface area (Å²) in [5.41, 5.74) is 1.55. The zero-order chi connectivity index (χ0) is 12.1. The number of allylic oxidation sites excluding steroid dienone is 1. The Morgan fingerprint density at radius 1 is 1.24 bits per heavy atom. The second-order valence-electron chi connectivity index (χ2n) is 5.11. The van der Waals surface area contributed by atoms with Crippen LogP contribution in [0.4, 0.5) is 0 Å². The summed E-state index contributed by atoms with van der Waals surface area (Å²) in [5.74, 6) is 1.28. The Kier molecular flexibility index (Phi) is 5.01. The molecular weight excluding hydrogens is 216 g/mol. The molecule has 2 heterocycles. The van der Waals surface area contributed by atoms with Crippen molar-refractivity contribution in [3.05, 3.63) is 11.6 Å². The minimum absolute atomic E-state index is 0.0226. The van der Waals surface area contributed by atoms with Crippen molar-refractivity contribution in [2.45, 2.75) is 38.9 Å². The number of methoxy groups -OCH3 is 1. The Labute approximate surface area is 104 Å². The maximum Gasteiger partial charge on any atom is 0.157 e. The molecule has 2 aliphatic rings. The minimum Gasteiger partial charge on any atom is -0.381 e. The van der Waals surface area contributed by atoms with Crippen molar-refractivity contribution >= 4 is 0 Å². The molecule has 0 amide bonds. The highest BCUT2D eigenvalue weighted by molar-refractivity contribution is 5.09. The van der Waals surface area contributed by atoms with Crippen LogP contribution >= 0.6 is 0 Å². The molecule has 3 heteroatoms. The van der Waals surface area contributed by atoms with Gasteiger partial charge in [-0.05, 0) is 31.1 Å². The van der Waals surface area contributed by atoms with Gasteiger partial charge in [0, 0.05) is 26.7 Å². The van der Waals surface area contributed by atoms with Crippen molar-refractivity contribution in [1.82, 2.24) is 0 Å². The maximum atomic E-state index is 5.65. The second kappa shape index (κ2) is 6.53. The molecule has 3 nitrogen and oxygen atoms in total. The summed E-state index contributed by atoms with van der Waals surface area (Å²) in [6.07, 6.45) is 6.83. The molecule has 0 aromatic carbocycles. The first kappa shape index (κ1) is 13.1. The Morgan fingerprint density at radius 3 is 2.71 bits per heavy atom. The van der Waals surface area contributed by atoms with Gasteiger partial charge in [0.05, 0.1) is 6.61 Å². The normalized spacial score (nSPS) is 34.8. The van der Waals surface area contributed by atoms with Gasteiger partial charge in [-0.3, -0.25) is 0 Å². The molecule has 17 heavy (non-hydrogen) atoms. The van der Waals surface area contributed by atoms with E-state index in [0.717, 1.165) is 32.7 Å². The molecule has 0 radical (unpaired) electrons. The van der Waals surface area contributed by atoms with Crippen LogP contribution in [0.25, 0.3) is 0 Å². The van der Waals surface area contributed by atoms with Gasteiger partial charge in [-0.25, -0.2) is 0 Å². The Morgan fingerprint density at radius 2 is 2.00 bits per heavy atom. The zero-order valence-electron chi connectivity index (χ0n) is 11.0. The van der Waals surface area contributed by atoms with Crippen LogP contribution in [0.2, 0.25) is 0 Å². The van der Waals surface area contributed by atoms with Crippen LogP contribution in [-0.4, -0.2) is 33.2 Å². The Hall–Kier alpha value is -0.380. The third-order valence-corrected chi connectivity index (χ3v) is 3.85. The molecule has 2 fully saturated rings. The summed E-state index contributed by atoms with van der Waals surface area (Å²) in [6.45, 7) is 4.91. The van der Waals surface area contributed by atoms with E-state index in [1.807, 2.05) is 0 Å². The fourth-order valence-electron chi connectivity index (χ4n) is 2.66. The Balaban J connectivity index is 1.96. The predicted octanol–water partition coefficient (Wildman–Crippen LogP) is 2.76. The van der Waals surface area contributed by atoms with Gasteiger partial charge in [-0.1, -0.05) is 18.6 Å². The molecule has 2 unspecified atom stereocenters. The van der Waals surface area contributed by atoms with E-state index in [1.54, 1.807) is 12.7 Å². The monoisotopic (exact) mass is 240 g/mol. The highest BCUT2D eigenvalue weighted by Gasteiger charge is 2.22. The maximum absolute atomic E-state index is 5.65. The quantitative estimate of drug-likeness (QED) is 0.695. The fraction of sp³-hybridized carbons (Fsp3) is 0.857. The van der Waals surface area contributed by atoms with Crippen LogP contribution in [0.3, 0.4) is 0 Å². The van der Waals surface area contributed by atoms with Crippen molar-refractivity contribution < 1.29 is 14.2 Å². The minimum atomic E-state index is -0.0226. The Bertz CT molecular complexity index is 256. The highest BCUT2D eigenvalue weighted by atomic mass is 16.7. The van der Waals surface area contributed by atoms with E-state index in [4.69, 9.17) is 14.2 Å². The molecule has 2 atom stereocenters. The molecule has 0 spiro atoms. The lowest BCUT2D eigenvalue weighted by Crippen LogP contribution is -2.16. The molecule has 0 bridgehead atoms. The van der Waals surface area contributed by atoms with Crippen molar-refractivity contribution in [2.75, 3.05) is 26.9 Å². The van der Waals surface area contributed by atoms with E-state index in [0.29, 0.717) is 11.8 Å². The largest absolute Gasteiger partial charge is 0.381 e. The number of hydrogen-bond acceptors (Lipinski definition) is 3. The third kappa shape index (κ3) is 3.80. The first-order chi connectivity index (χ1) is 8.29. The topological polar surface area (TPSA) is 27.7 Å². The fourth-order valence-corrected chi connectivity index (χ4v) is 2.66. The summed E-state index contributed by atoms with van der Waals surface area (Å²) in [5, 5.41) is 0. The van der Waals surface area contributed by atoms with Crippen LogP contribution in [0.1, 0.15) is 32.6 Å². The van der Waals surface area contributed by atoms with Gasteiger partial charge in [0.1, 0.15) is 0 Å². The summed E-state index contributed by atoms with van der Waals surface area (Å²) < 4.78 is 16.4. The van der Waals surface area contributed by atoms with E-state index in [2.05, 4.69) is 13.0 Å². The molecule has 2 rings (SSSR count). The summed E-state index contributed by atoms with van der Waals surface area (Å²) in [7, 11) is 1.73. The summed E-state index contributed by atoms with van der Waals surface area (Å²) in [6, 6.07) is 0. The van der Waals surface area contributed by atoms with E-state index in [-0.39, 0.29) is 6.29 Å². The molecule has 2 saturated heterocycles. The molecule has 0 aromatic rings. The molecule has 0 aliphatic carbocycles. The molecule has 2 aliphatic heterocycles. The van der Waals surface area contributed by atoms with Gasteiger partial charge >= 0.3 is 0 Å². The molecular formula is C14H24O3. The smallest absolute Gasteiger partial charge is 0.157 e. The lowest BCUT2D eigenvalue weighted by molar-refractivity contribution is -0.124. The summed E-state index contributed by atoms with van der Waals surface area (Å²) >= 11 is 0. The average molecular weight is 240 g/mol. The molecule has 0 aromatic heterocycles. The van der Waals surface area contributed by atoms with E-state index in [9.17, 15) is 0 Å². The van der Waals surface area contributed by atoms with Gasteiger partial charge in [-0.2, -0.15) is 0 Å². The summed E-state index contributed by atoms with van der Waals surface area (Å²) in [4.78, 5) is 0. The van der Waals surface area contributed by atoms with E-state index < -0.39 is 0 Å². The highest BCUT2D eigenvalue weighted by Crippen LogP contribution is 2.28. The lowest BCUT2D eigenvalue weighted by atomic mass is 9.89. The molecule has 0 N–H and O–H groups in total. The van der Waals surface area contributed by atoms with Crippen molar-refractivity contribution in [2.24, 2.45) is 11.8 Å². The van der Waals surface area contributed by atoms with Gasteiger partial charge in [0.25, 0.3) is 0 Å². The molecule has 0 saturated carbocycles. The van der Waals surface area contributed by atoms with Crippen LogP contribution in [0.5, 0.6) is 0 Å². The van der Waals surface area contributed by atoms with E-state index >= 15 is 0 Å². The van der Waals surface area contributed by atoms with Crippen molar-refractivity contribution in [3.63, 3.8) is 0 Å². The lowest BCUT2D eigenvalue weighted by Gasteiger charge is -2.22.